The van der Waals surface area contributed by atoms with Crippen LogP contribution < -0.4 is 0 Å². The highest BCUT2D eigenvalue weighted by atomic mass is 16.6. The predicted molar refractivity (Wildman–Crippen MR) is 68.9 cm³/mol. The molecule has 18 heavy (non-hydrogen) atoms. The number of methoxy groups -OCH3 is 1. The molecule has 1 saturated carbocycles. The van der Waals surface area contributed by atoms with E-state index in [1.54, 1.807) is 6.92 Å². The molecule has 1 unspecified atom stereocenters. The highest BCUT2D eigenvalue weighted by Crippen LogP contribution is 2.36. The first kappa shape index (κ1) is 15.4. The summed E-state index contributed by atoms with van der Waals surface area (Å²) in [7, 11) is 1.51. The summed E-state index contributed by atoms with van der Waals surface area (Å²) in [5, 5.41) is 10.0. The lowest BCUT2D eigenvalue weighted by molar-refractivity contribution is -0.216. The molecule has 0 spiro atoms. The molecule has 1 N–H and O–H groups in total. The molecule has 0 heterocycles. The average Bonchev–Trinajstić information content (AvgIpc) is 2.27. The largest absolute Gasteiger partial charge is 0.460 e. The zero-order valence-electron chi connectivity index (χ0n) is 12.2. The van der Waals surface area contributed by atoms with Crippen molar-refractivity contribution in [3.05, 3.63) is 0 Å². The monoisotopic (exact) mass is 258 g/mol. The van der Waals surface area contributed by atoms with Crippen LogP contribution in [0.5, 0.6) is 0 Å². The van der Waals surface area contributed by atoms with Gasteiger partial charge in [0.2, 0.25) is 0 Å². The molecular weight excluding hydrogens is 232 g/mol. The third kappa shape index (κ3) is 4.25. The van der Waals surface area contributed by atoms with Crippen LogP contribution >= 0.6 is 0 Å². The molecule has 1 atom stereocenters. The Kier molecular flexibility index (Phi) is 4.78. The highest BCUT2D eigenvalue weighted by Gasteiger charge is 2.37. The van der Waals surface area contributed by atoms with Crippen molar-refractivity contribution in [2.24, 2.45) is 11.8 Å². The molecule has 0 aliphatic heterocycles. The fraction of sp³-hybridized carbons (Fsp3) is 0.929. The highest BCUT2D eigenvalue weighted by molar-refractivity contribution is 5.72. The van der Waals surface area contributed by atoms with Gasteiger partial charge in [-0.25, -0.2) is 0 Å². The van der Waals surface area contributed by atoms with Gasteiger partial charge in [-0.15, -0.1) is 0 Å². The summed E-state index contributed by atoms with van der Waals surface area (Å²) >= 11 is 0. The molecule has 0 bridgehead atoms. The van der Waals surface area contributed by atoms with Crippen molar-refractivity contribution in [3.8, 4) is 0 Å². The van der Waals surface area contributed by atoms with Crippen molar-refractivity contribution in [1.82, 2.24) is 0 Å². The zero-order chi connectivity index (χ0) is 14.0. The van der Waals surface area contributed by atoms with Gasteiger partial charge >= 0.3 is 5.97 Å². The van der Waals surface area contributed by atoms with Crippen molar-refractivity contribution >= 4 is 5.97 Å². The smallest absolute Gasteiger partial charge is 0.309 e. The molecule has 0 amide bonds. The second kappa shape index (κ2) is 5.57. The molecular formula is C14H26O4. The van der Waals surface area contributed by atoms with Gasteiger partial charge in [-0.1, -0.05) is 0 Å². The van der Waals surface area contributed by atoms with E-state index in [4.69, 9.17) is 9.47 Å². The van der Waals surface area contributed by atoms with Gasteiger partial charge in [0.25, 0.3) is 0 Å². The Morgan fingerprint density at radius 3 is 2.00 bits per heavy atom. The number of carbonyl (C=O) groups is 1. The van der Waals surface area contributed by atoms with E-state index in [1.165, 1.54) is 7.11 Å². The normalized spacial score (nSPS) is 28.6. The minimum atomic E-state index is -1.08. The Morgan fingerprint density at radius 2 is 1.61 bits per heavy atom. The van der Waals surface area contributed by atoms with Gasteiger partial charge in [-0.3, -0.25) is 4.79 Å². The molecule has 0 aromatic heterocycles. The molecule has 106 valence electrons. The van der Waals surface area contributed by atoms with Crippen LogP contribution in [0.1, 0.15) is 53.4 Å². The van der Waals surface area contributed by atoms with Crippen LogP contribution in [0, 0.1) is 11.8 Å². The summed E-state index contributed by atoms with van der Waals surface area (Å²) < 4.78 is 10.5. The minimum Gasteiger partial charge on any atom is -0.460 e. The van der Waals surface area contributed by atoms with E-state index in [1.807, 2.05) is 20.8 Å². The number of hydrogen-bond donors (Lipinski definition) is 1. The Morgan fingerprint density at radius 1 is 1.11 bits per heavy atom. The van der Waals surface area contributed by atoms with Gasteiger partial charge in [0.05, 0.1) is 5.92 Å². The molecule has 1 aliphatic rings. The Balaban J connectivity index is 2.47. The maximum Gasteiger partial charge on any atom is 0.309 e. The summed E-state index contributed by atoms with van der Waals surface area (Å²) in [5.74, 6) is -1.13. The molecule has 4 heteroatoms. The molecule has 4 nitrogen and oxygen atoms in total. The second-order valence-electron chi connectivity index (χ2n) is 6.34. The van der Waals surface area contributed by atoms with Gasteiger partial charge in [0.1, 0.15) is 5.60 Å². The lowest BCUT2D eigenvalue weighted by Crippen LogP contribution is -2.40. The standard InChI is InChI=1S/C14H26O4/c1-13(2,3)18-12(15)10-6-8-11(9-7-10)14(4,16)17-5/h10-11,16H,6-9H2,1-5H3/t10-,11-,14?. The Bertz CT molecular complexity index is 283. The third-order valence-corrected chi connectivity index (χ3v) is 3.64. The first-order valence-electron chi connectivity index (χ1n) is 6.66. The quantitative estimate of drug-likeness (QED) is 0.624. The van der Waals surface area contributed by atoms with Gasteiger partial charge in [0.15, 0.2) is 5.79 Å². The summed E-state index contributed by atoms with van der Waals surface area (Å²) in [4.78, 5) is 11.9. The van der Waals surface area contributed by atoms with Crippen molar-refractivity contribution in [1.29, 1.82) is 0 Å². The van der Waals surface area contributed by atoms with Crippen LogP contribution in [0.2, 0.25) is 0 Å². The van der Waals surface area contributed by atoms with E-state index in [0.717, 1.165) is 25.7 Å². The maximum atomic E-state index is 11.9. The average molecular weight is 258 g/mol. The van der Waals surface area contributed by atoms with E-state index in [9.17, 15) is 9.90 Å². The van der Waals surface area contributed by atoms with Crippen LogP contribution in [-0.2, 0) is 14.3 Å². The van der Waals surface area contributed by atoms with Crippen LogP contribution in [0.15, 0.2) is 0 Å². The zero-order valence-corrected chi connectivity index (χ0v) is 12.2. The first-order valence-corrected chi connectivity index (χ1v) is 6.66. The molecule has 1 aliphatic carbocycles. The van der Waals surface area contributed by atoms with E-state index in [0.29, 0.717) is 0 Å². The summed E-state index contributed by atoms with van der Waals surface area (Å²) in [6, 6.07) is 0. The number of rotatable bonds is 3. The maximum absolute atomic E-state index is 11.9. The Hall–Kier alpha value is -0.610. The van der Waals surface area contributed by atoms with Gasteiger partial charge in [0, 0.05) is 13.0 Å². The van der Waals surface area contributed by atoms with Crippen molar-refractivity contribution in [2.75, 3.05) is 7.11 Å². The predicted octanol–water partition coefficient (Wildman–Crippen LogP) is 2.49. The van der Waals surface area contributed by atoms with Gasteiger partial charge in [-0.2, -0.15) is 0 Å². The van der Waals surface area contributed by atoms with Gasteiger partial charge < -0.3 is 14.6 Å². The Labute approximate surface area is 110 Å². The van der Waals surface area contributed by atoms with Crippen LogP contribution in [0.4, 0.5) is 0 Å². The van der Waals surface area contributed by atoms with Crippen LogP contribution in [-0.4, -0.2) is 29.6 Å². The summed E-state index contributed by atoms with van der Waals surface area (Å²) in [5.41, 5.74) is -0.425. The van der Waals surface area contributed by atoms with E-state index in [2.05, 4.69) is 0 Å². The first-order chi connectivity index (χ1) is 8.15. The summed E-state index contributed by atoms with van der Waals surface area (Å²) in [6.45, 7) is 7.33. The fourth-order valence-corrected chi connectivity index (χ4v) is 2.42. The van der Waals surface area contributed by atoms with Crippen LogP contribution in [0.3, 0.4) is 0 Å². The van der Waals surface area contributed by atoms with E-state index < -0.39 is 11.4 Å². The topological polar surface area (TPSA) is 55.8 Å². The minimum absolute atomic E-state index is 0.0341. The number of ether oxygens (including phenoxy) is 2. The second-order valence-corrected chi connectivity index (χ2v) is 6.34. The summed E-state index contributed by atoms with van der Waals surface area (Å²) in [6.07, 6.45) is 3.12. The van der Waals surface area contributed by atoms with Crippen molar-refractivity contribution in [2.45, 2.75) is 64.8 Å². The third-order valence-electron chi connectivity index (χ3n) is 3.64. The molecule has 1 fully saturated rings. The lowest BCUT2D eigenvalue weighted by Gasteiger charge is -2.36. The molecule has 0 radical (unpaired) electrons. The van der Waals surface area contributed by atoms with E-state index in [-0.39, 0.29) is 17.8 Å². The fourth-order valence-electron chi connectivity index (χ4n) is 2.42. The van der Waals surface area contributed by atoms with Crippen molar-refractivity contribution in [3.63, 3.8) is 0 Å². The molecule has 0 aromatic rings. The molecule has 1 rings (SSSR count). The van der Waals surface area contributed by atoms with E-state index >= 15 is 0 Å². The lowest BCUT2D eigenvalue weighted by atomic mass is 9.78. The van der Waals surface area contributed by atoms with Crippen molar-refractivity contribution < 1.29 is 19.4 Å². The number of hydrogen-bond acceptors (Lipinski definition) is 4. The number of aliphatic hydroxyl groups is 1. The SMILES string of the molecule is COC(C)(O)[C@H]1CC[C@H](C(=O)OC(C)(C)C)CC1. The number of esters is 1. The molecule has 0 aromatic carbocycles. The molecule has 0 saturated heterocycles. The number of carbonyl (C=O) groups excluding carboxylic acids is 1. The van der Waals surface area contributed by atoms with Gasteiger partial charge in [-0.05, 0) is 53.4 Å². The van der Waals surface area contributed by atoms with Crippen LogP contribution in [0.25, 0.3) is 0 Å².